The summed E-state index contributed by atoms with van der Waals surface area (Å²) in [5.41, 5.74) is -0.134. The molecule has 0 saturated carbocycles. The van der Waals surface area contributed by atoms with Crippen LogP contribution in [-0.4, -0.2) is 29.8 Å². The second-order valence-electron chi connectivity index (χ2n) is 2.88. The second kappa shape index (κ2) is 4.37. The minimum absolute atomic E-state index is 0.134. The number of rotatable bonds is 1. The summed E-state index contributed by atoms with van der Waals surface area (Å²) in [5, 5.41) is 0. The first-order chi connectivity index (χ1) is 6.77. The molecular formula is C8H9IN2O3. The van der Waals surface area contributed by atoms with Crippen LogP contribution in [0, 0.1) is 3.57 Å². The maximum absolute atomic E-state index is 11.3. The molecule has 1 saturated heterocycles. The zero-order chi connectivity index (χ0) is 9.97. The third-order valence-electron chi connectivity index (χ3n) is 1.90. The summed E-state index contributed by atoms with van der Waals surface area (Å²) in [7, 11) is 0. The number of nitrogens with one attached hydrogen (secondary N) is 1. The highest BCUT2D eigenvalue weighted by Crippen LogP contribution is 2.15. The van der Waals surface area contributed by atoms with Gasteiger partial charge in [0.2, 0.25) is 0 Å². The van der Waals surface area contributed by atoms with Crippen molar-refractivity contribution in [2.75, 3.05) is 19.8 Å². The standard InChI is InChI=1S/C8H9IN2O3/c9-5-3-10-7(11-8(5)12)6-4-13-1-2-14-6/h3,6H,1-2,4H2,(H,10,11,12). The van der Waals surface area contributed by atoms with E-state index in [1.54, 1.807) is 0 Å². The van der Waals surface area contributed by atoms with Crippen molar-refractivity contribution in [3.8, 4) is 0 Å². The molecule has 5 nitrogen and oxygen atoms in total. The highest BCUT2D eigenvalue weighted by molar-refractivity contribution is 14.1. The molecule has 2 rings (SSSR count). The van der Waals surface area contributed by atoms with Gasteiger partial charge in [0.05, 0.1) is 23.4 Å². The Kier molecular flexibility index (Phi) is 3.14. The van der Waals surface area contributed by atoms with Gasteiger partial charge in [-0.25, -0.2) is 4.98 Å². The Hall–Kier alpha value is -0.470. The van der Waals surface area contributed by atoms with E-state index in [4.69, 9.17) is 9.47 Å². The molecular weight excluding hydrogens is 299 g/mol. The lowest BCUT2D eigenvalue weighted by Crippen LogP contribution is -2.26. The van der Waals surface area contributed by atoms with Crippen LogP contribution in [0.15, 0.2) is 11.0 Å². The van der Waals surface area contributed by atoms with Gasteiger partial charge in [0.15, 0.2) is 0 Å². The first-order valence-electron chi connectivity index (χ1n) is 4.21. The van der Waals surface area contributed by atoms with E-state index < -0.39 is 0 Å². The maximum Gasteiger partial charge on any atom is 0.264 e. The molecule has 0 aromatic carbocycles. The van der Waals surface area contributed by atoms with Crippen LogP contribution in [0.1, 0.15) is 11.9 Å². The van der Waals surface area contributed by atoms with Crippen molar-refractivity contribution >= 4 is 22.6 Å². The number of H-pyrrole nitrogens is 1. The molecule has 1 fully saturated rings. The van der Waals surface area contributed by atoms with Gasteiger partial charge in [-0.15, -0.1) is 0 Å². The highest BCUT2D eigenvalue weighted by atomic mass is 127. The lowest BCUT2D eigenvalue weighted by Gasteiger charge is -2.21. The molecule has 0 spiro atoms. The fourth-order valence-corrected chi connectivity index (χ4v) is 1.48. The minimum Gasteiger partial charge on any atom is -0.376 e. The van der Waals surface area contributed by atoms with Gasteiger partial charge in [0.25, 0.3) is 5.56 Å². The van der Waals surface area contributed by atoms with E-state index >= 15 is 0 Å². The van der Waals surface area contributed by atoms with Crippen molar-refractivity contribution in [2.45, 2.75) is 6.10 Å². The summed E-state index contributed by atoms with van der Waals surface area (Å²) in [6.45, 7) is 1.59. The quantitative estimate of drug-likeness (QED) is 0.766. The molecule has 76 valence electrons. The topological polar surface area (TPSA) is 64.2 Å². The predicted octanol–water partition coefficient (Wildman–Crippen LogP) is 0.462. The average molecular weight is 308 g/mol. The van der Waals surface area contributed by atoms with E-state index in [1.807, 2.05) is 22.6 Å². The molecule has 0 radical (unpaired) electrons. The van der Waals surface area contributed by atoms with Gasteiger partial charge in [0.1, 0.15) is 11.9 Å². The summed E-state index contributed by atoms with van der Waals surface area (Å²) in [6, 6.07) is 0. The third-order valence-corrected chi connectivity index (χ3v) is 2.66. The number of hydrogen-bond donors (Lipinski definition) is 1. The smallest absolute Gasteiger partial charge is 0.264 e. The molecule has 1 unspecified atom stereocenters. The molecule has 1 aromatic rings. The number of nitrogens with zero attached hydrogens (tertiary/aromatic N) is 1. The normalized spacial score (nSPS) is 22.2. The van der Waals surface area contributed by atoms with Crippen molar-refractivity contribution in [1.29, 1.82) is 0 Å². The van der Waals surface area contributed by atoms with E-state index in [2.05, 4.69) is 9.97 Å². The Morgan fingerprint density at radius 2 is 2.43 bits per heavy atom. The Morgan fingerprint density at radius 1 is 1.57 bits per heavy atom. The van der Waals surface area contributed by atoms with Crippen LogP contribution in [0.25, 0.3) is 0 Å². The Balaban J connectivity index is 2.23. The van der Waals surface area contributed by atoms with Crippen LogP contribution in [-0.2, 0) is 9.47 Å². The zero-order valence-electron chi connectivity index (χ0n) is 7.33. The van der Waals surface area contributed by atoms with Gasteiger partial charge in [-0.2, -0.15) is 0 Å². The van der Waals surface area contributed by atoms with E-state index in [9.17, 15) is 4.79 Å². The average Bonchev–Trinajstić information content (AvgIpc) is 2.23. The number of aromatic nitrogens is 2. The molecule has 1 aromatic heterocycles. The van der Waals surface area contributed by atoms with E-state index in [-0.39, 0.29) is 11.7 Å². The van der Waals surface area contributed by atoms with Crippen LogP contribution >= 0.6 is 22.6 Å². The molecule has 0 aliphatic carbocycles. The Bertz CT molecular complexity index is 373. The van der Waals surface area contributed by atoms with Gasteiger partial charge in [-0.05, 0) is 22.6 Å². The maximum atomic E-state index is 11.3. The van der Waals surface area contributed by atoms with Crippen molar-refractivity contribution in [3.05, 3.63) is 25.9 Å². The van der Waals surface area contributed by atoms with Crippen LogP contribution < -0.4 is 5.56 Å². The summed E-state index contributed by atoms with van der Waals surface area (Å²) >= 11 is 1.93. The zero-order valence-corrected chi connectivity index (χ0v) is 9.48. The fourth-order valence-electron chi connectivity index (χ4n) is 1.20. The molecule has 0 bridgehead atoms. The Labute approximate surface area is 94.0 Å². The first kappa shape index (κ1) is 10.1. The molecule has 1 aliphatic rings. The molecule has 0 amide bonds. The van der Waals surface area contributed by atoms with Crippen LogP contribution in [0.2, 0.25) is 0 Å². The van der Waals surface area contributed by atoms with E-state index in [0.717, 1.165) is 0 Å². The SMILES string of the molecule is O=c1[nH]c(C2COCCO2)ncc1I. The van der Waals surface area contributed by atoms with E-state index in [0.29, 0.717) is 29.2 Å². The molecule has 14 heavy (non-hydrogen) atoms. The third kappa shape index (κ3) is 2.12. The molecule has 1 N–H and O–H groups in total. The van der Waals surface area contributed by atoms with Crippen molar-refractivity contribution in [2.24, 2.45) is 0 Å². The second-order valence-corrected chi connectivity index (χ2v) is 4.04. The lowest BCUT2D eigenvalue weighted by atomic mass is 10.3. The van der Waals surface area contributed by atoms with Crippen molar-refractivity contribution in [1.82, 2.24) is 9.97 Å². The van der Waals surface area contributed by atoms with Crippen LogP contribution in [0.4, 0.5) is 0 Å². The summed E-state index contributed by atoms with van der Waals surface area (Å²) in [6.07, 6.45) is 1.29. The molecule has 2 heterocycles. The monoisotopic (exact) mass is 308 g/mol. The minimum atomic E-state index is -0.242. The van der Waals surface area contributed by atoms with Gasteiger partial charge in [-0.3, -0.25) is 4.79 Å². The largest absolute Gasteiger partial charge is 0.376 e. The van der Waals surface area contributed by atoms with Gasteiger partial charge < -0.3 is 14.5 Å². The van der Waals surface area contributed by atoms with Gasteiger partial charge in [-0.1, -0.05) is 0 Å². The van der Waals surface area contributed by atoms with Crippen LogP contribution in [0.3, 0.4) is 0 Å². The first-order valence-corrected chi connectivity index (χ1v) is 5.29. The fraction of sp³-hybridized carbons (Fsp3) is 0.500. The summed E-state index contributed by atoms with van der Waals surface area (Å²) in [4.78, 5) is 18.0. The summed E-state index contributed by atoms with van der Waals surface area (Å²) in [5.74, 6) is 0.537. The lowest BCUT2D eigenvalue weighted by molar-refractivity contribution is -0.0936. The van der Waals surface area contributed by atoms with Gasteiger partial charge >= 0.3 is 0 Å². The molecule has 1 aliphatic heterocycles. The highest BCUT2D eigenvalue weighted by Gasteiger charge is 2.18. The Morgan fingerprint density at radius 3 is 3.07 bits per heavy atom. The van der Waals surface area contributed by atoms with Crippen LogP contribution in [0.5, 0.6) is 0 Å². The summed E-state index contributed by atoms with van der Waals surface area (Å²) < 4.78 is 11.2. The number of ether oxygens (including phenoxy) is 2. The predicted molar refractivity (Wildman–Crippen MR) is 57.1 cm³/mol. The number of aromatic amines is 1. The van der Waals surface area contributed by atoms with E-state index in [1.165, 1.54) is 6.20 Å². The molecule has 6 heteroatoms. The molecule has 1 atom stereocenters. The van der Waals surface area contributed by atoms with Gasteiger partial charge in [0, 0.05) is 6.20 Å². The number of halogens is 1. The van der Waals surface area contributed by atoms with Crippen molar-refractivity contribution < 1.29 is 9.47 Å². The van der Waals surface area contributed by atoms with Crippen molar-refractivity contribution in [3.63, 3.8) is 0 Å². The number of hydrogen-bond acceptors (Lipinski definition) is 4.